The molecule has 1 aliphatic rings. The Morgan fingerprint density at radius 2 is 1.93 bits per heavy atom. The Kier molecular flexibility index (Phi) is 3.16. The first kappa shape index (κ1) is 10.4. The maximum Gasteiger partial charge on any atom is 0.225 e. The molecule has 15 heavy (non-hydrogen) atoms. The van der Waals surface area contributed by atoms with Crippen LogP contribution < -0.4 is 4.90 Å². The Labute approximate surface area is 93.3 Å². The van der Waals surface area contributed by atoms with Crippen molar-refractivity contribution in [2.75, 3.05) is 18.0 Å². The minimum absolute atomic E-state index is 0.202. The van der Waals surface area contributed by atoms with Gasteiger partial charge in [-0.25, -0.2) is 9.97 Å². The van der Waals surface area contributed by atoms with Crippen LogP contribution in [0.2, 0.25) is 5.02 Å². The van der Waals surface area contributed by atoms with Crippen LogP contribution in [0.3, 0.4) is 0 Å². The third-order valence-electron chi connectivity index (χ3n) is 2.62. The largest absolute Gasteiger partial charge is 0.341 e. The molecule has 80 valence electrons. The zero-order valence-corrected chi connectivity index (χ0v) is 9.02. The van der Waals surface area contributed by atoms with Gasteiger partial charge in [-0.05, 0) is 12.8 Å². The molecule has 0 radical (unpaired) electrons. The number of hydrogen-bond donors (Lipinski definition) is 0. The van der Waals surface area contributed by atoms with Crippen molar-refractivity contribution in [3.8, 4) is 0 Å². The van der Waals surface area contributed by atoms with Gasteiger partial charge >= 0.3 is 0 Å². The molecule has 1 aromatic heterocycles. The first-order chi connectivity index (χ1) is 7.29. The summed E-state index contributed by atoms with van der Waals surface area (Å²) < 4.78 is 0. The minimum Gasteiger partial charge on any atom is -0.341 e. The van der Waals surface area contributed by atoms with E-state index in [-0.39, 0.29) is 5.92 Å². The highest BCUT2D eigenvalue weighted by Crippen LogP contribution is 2.19. The molecule has 0 N–H and O–H groups in total. The first-order valence-electron chi connectivity index (χ1n) is 4.97. The predicted octanol–water partition coefficient (Wildman–Crippen LogP) is 1.55. The van der Waals surface area contributed by atoms with E-state index in [1.54, 1.807) is 12.4 Å². The van der Waals surface area contributed by atoms with Gasteiger partial charge in [0.1, 0.15) is 6.29 Å². The molecule has 0 atom stereocenters. The zero-order valence-electron chi connectivity index (χ0n) is 8.27. The SMILES string of the molecule is O=CC1CCN(c2ncc(Cl)cn2)CC1. The molecule has 5 heteroatoms. The number of nitrogens with zero attached hydrogens (tertiary/aromatic N) is 3. The lowest BCUT2D eigenvalue weighted by Crippen LogP contribution is -2.35. The van der Waals surface area contributed by atoms with E-state index >= 15 is 0 Å². The van der Waals surface area contributed by atoms with Crippen LogP contribution in [0.1, 0.15) is 12.8 Å². The molecule has 0 saturated carbocycles. The van der Waals surface area contributed by atoms with Gasteiger partial charge in [0, 0.05) is 19.0 Å². The molecule has 2 rings (SSSR count). The van der Waals surface area contributed by atoms with Gasteiger partial charge in [-0.1, -0.05) is 11.6 Å². The quantitative estimate of drug-likeness (QED) is 0.717. The van der Waals surface area contributed by atoms with Crippen molar-refractivity contribution >= 4 is 23.8 Å². The second-order valence-corrected chi connectivity index (χ2v) is 4.10. The van der Waals surface area contributed by atoms with Crippen LogP contribution in [0.5, 0.6) is 0 Å². The van der Waals surface area contributed by atoms with E-state index in [4.69, 9.17) is 11.6 Å². The topological polar surface area (TPSA) is 46.1 Å². The van der Waals surface area contributed by atoms with Gasteiger partial charge in [-0.2, -0.15) is 0 Å². The summed E-state index contributed by atoms with van der Waals surface area (Å²) in [6, 6.07) is 0. The van der Waals surface area contributed by atoms with Crippen molar-refractivity contribution in [3.05, 3.63) is 17.4 Å². The summed E-state index contributed by atoms with van der Waals surface area (Å²) >= 11 is 5.71. The maximum absolute atomic E-state index is 10.6. The van der Waals surface area contributed by atoms with E-state index in [0.717, 1.165) is 32.2 Å². The fraction of sp³-hybridized carbons (Fsp3) is 0.500. The zero-order chi connectivity index (χ0) is 10.7. The minimum atomic E-state index is 0.202. The standard InChI is InChI=1S/C10H12ClN3O/c11-9-5-12-10(13-6-9)14-3-1-8(7-15)2-4-14/h5-8H,1-4H2. The van der Waals surface area contributed by atoms with Gasteiger partial charge in [-0.15, -0.1) is 0 Å². The summed E-state index contributed by atoms with van der Waals surface area (Å²) in [5.74, 6) is 0.900. The second-order valence-electron chi connectivity index (χ2n) is 3.66. The third-order valence-corrected chi connectivity index (χ3v) is 2.82. The van der Waals surface area contributed by atoms with E-state index in [1.165, 1.54) is 0 Å². The average Bonchev–Trinajstić information content (AvgIpc) is 2.30. The number of rotatable bonds is 2. The highest BCUT2D eigenvalue weighted by molar-refractivity contribution is 6.30. The number of piperidine rings is 1. The number of aromatic nitrogens is 2. The molecule has 1 aliphatic heterocycles. The van der Waals surface area contributed by atoms with Crippen LogP contribution >= 0.6 is 11.6 Å². The molecular formula is C10H12ClN3O. The smallest absolute Gasteiger partial charge is 0.225 e. The summed E-state index contributed by atoms with van der Waals surface area (Å²) in [6.07, 6.45) is 6.00. The summed E-state index contributed by atoms with van der Waals surface area (Å²) in [6.45, 7) is 1.68. The highest BCUT2D eigenvalue weighted by atomic mass is 35.5. The molecule has 1 fully saturated rings. The molecule has 0 unspecified atom stereocenters. The number of aldehydes is 1. The Morgan fingerprint density at radius 3 is 2.47 bits per heavy atom. The van der Waals surface area contributed by atoms with Crippen LogP contribution in [-0.2, 0) is 4.79 Å². The van der Waals surface area contributed by atoms with Crippen molar-refractivity contribution in [1.82, 2.24) is 9.97 Å². The Hall–Kier alpha value is -1.16. The van der Waals surface area contributed by atoms with Crippen molar-refractivity contribution in [2.45, 2.75) is 12.8 Å². The Balaban J connectivity index is 2.01. The second kappa shape index (κ2) is 4.57. The maximum atomic E-state index is 10.6. The number of carbonyl (C=O) groups is 1. The van der Waals surface area contributed by atoms with Gasteiger partial charge in [0.05, 0.1) is 17.4 Å². The normalized spacial score (nSPS) is 17.8. The fourth-order valence-corrected chi connectivity index (χ4v) is 1.80. The number of carbonyl (C=O) groups excluding carboxylic acids is 1. The van der Waals surface area contributed by atoms with Gasteiger partial charge < -0.3 is 9.69 Å². The molecule has 2 heterocycles. The molecule has 0 aliphatic carbocycles. The highest BCUT2D eigenvalue weighted by Gasteiger charge is 2.19. The molecule has 1 aromatic rings. The van der Waals surface area contributed by atoms with Crippen LogP contribution in [0.25, 0.3) is 0 Å². The summed E-state index contributed by atoms with van der Waals surface area (Å²) in [5, 5.41) is 0.543. The lowest BCUT2D eigenvalue weighted by atomic mass is 9.99. The van der Waals surface area contributed by atoms with Crippen molar-refractivity contribution in [1.29, 1.82) is 0 Å². The van der Waals surface area contributed by atoms with Crippen molar-refractivity contribution in [2.24, 2.45) is 5.92 Å². The Bertz CT molecular complexity index is 333. The van der Waals surface area contributed by atoms with Crippen LogP contribution in [0.15, 0.2) is 12.4 Å². The van der Waals surface area contributed by atoms with Crippen LogP contribution in [0, 0.1) is 5.92 Å². The molecule has 0 spiro atoms. The monoisotopic (exact) mass is 225 g/mol. The average molecular weight is 226 g/mol. The van der Waals surface area contributed by atoms with Gasteiger partial charge in [0.15, 0.2) is 0 Å². The summed E-state index contributed by atoms with van der Waals surface area (Å²) in [5.41, 5.74) is 0. The van der Waals surface area contributed by atoms with Crippen LogP contribution in [0.4, 0.5) is 5.95 Å². The first-order valence-corrected chi connectivity index (χ1v) is 5.35. The molecule has 4 nitrogen and oxygen atoms in total. The third kappa shape index (κ3) is 2.45. The van der Waals surface area contributed by atoms with Crippen molar-refractivity contribution < 1.29 is 4.79 Å². The number of hydrogen-bond acceptors (Lipinski definition) is 4. The van der Waals surface area contributed by atoms with E-state index in [1.807, 2.05) is 0 Å². The number of halogens is 1. The molecule has 1 saturated heterocycles. The fourth-order valence-electron chi connectivity index (χ4n) is 1.70. The number of anilines is 1. The predicted molar refractivity (Wildman–Crippen MR) is 58.0 cm³/mol. The van der Waals surface area contributed by atoms with Gasteiger partial charge in [-0.3, -0.25) is 0 Å². The summed E-state index contributed by atoms with van der Waals surface area (Å²) in [4.78, 5) is 21.0. The van der Waals surface area contributed by atoms with Gasteiger partial charge in [0.2, 0.25) is 5.95 Å². The molecule has 0 aromatic carbocycles. The van der Waals surface area contributed by atoms with Gasteiger partial charge in [0.25, 0.3) is 0 Å². The van der Waals surface area contributed by atoms with E-state index in [2.05, 4.69) is 14.9 Å². The van der Waals surface area contributed by atoms with E-state index in [0.29, 0.717) is 11.0 Å². The van der Waals surface area contributed by atoms with E-state index < -0.39 is 0 Å². The lowest BCUT2D eigenvalue weighted by Gasteiger charge is -2.29. The summed E-state index contributed by atoms with van der Waals surface area (Å²) in [7, 11) is 0. The van der Waals surface area contributed by atoms with Crippen molar-refractivity contribution in [3.63, 3.8) is 0 Å². The molecular weight excluding hydrogens is 214 g/mol. The molecule has 0 bridgehead atoms. The lowest BCUT2D eigenvalue weighted by molar-refractivity contribution is -0.111. The van der Waals surface area contributed by atoms with E-state index in [9.17, 15) is 4.79 Å². The Morgan fingerprint density at radius 1 is 1.33 bits per heavy atom. The molecule has 0 amide bonds. The van der Waals surface area contributed by atoms with Crippen LogP contribution in [-0.4, -0.2) is 29.3 Å².